The number of benzene rings is 1. The number of hydrogen-bond donors (Lipinski definition) is 1. The standard InChI is InChI=1S/C19H24N6O/c1-13(2)25-12-20-22-17(25)10-14-6-5-9-24(11-14)19(26)18-15-7-3-4-8-16(15)21-23-18/h3-4,7-8,12-14H,5-6,9-11H2,1-2H3,(H,21,23). The normalized spacial score (nSPS) is 18.0. The van der Waals surface area contributed by atoms with E-state index in [4.69, 9.17) is 0 Å². The lowest BCUT2D eigenvalue weighted by Crippen LogP contribution is -2.41. The molecular weight excluding hydrogens is 328 g/mol. The second kappa shape index (κ2) is 6.90. The average Bonchev–Trinajstić information content (AvgIpc) is 3.28. The first-order chi connectivity index (χ1) is 12.6. The van der Waals surface area contributed by atoms with Crippen LogP contribution in [0.4, 0.5) is 0 Å². The zero-order valence-corrected chi connectivity index (χ0v) is 15.2. The van der Waals surface area contributed by atoms with Gasteiger partial charge in [-0.25, -0.2) is 0 Å². The van der Waals surface area contributed by atoms with Crippen LogP contribution in [-0.2, 0) is 6.42 Å². The molecule has 26 heavy (non-hydrogen) atoms. The number of amides is 1. The Labute approximate surface area is 152 Å². The van der Waals surface area contributed by atoms with Gasteiger partial charge in [0.2, 0.25) is 0 Å². The van der Waals surface area contributed by atoms with Gasteiger partial charge in [0.25, 0.3) is 5.91 Å². The van der Waals surface area contributed by atoms with Crippen molar-refractivity contribution in [2.45, 2.75) is 39.2 Å². The second-order valence-electron chi connectivity index (χ2n) is 7.33. The number of fused-ring (bicyclic) bond motifs is 1. The minimum atomic E-state index is 0.0116. The number of para-hydroxylation sites is 1. The van der Waals surface area contributed by atoms with E-state index in [9.17, 15) is 4.79 Å². The van der Waals surface area contributed by atoms with Crippen LogP contribution in [-0.4, -0.2) is 48.9 Å². The molecule has 1 aliphatic rings. The molecule has 3 aromatic rings. The molecule has 1 amide bonds. The van der Waals surface area contributed by atoms with Crippen molar-refractivity contribution in [3.63, 3.8) is 0 Å². The third-order valence-electron chi connectivity index (χ3n) is 5.15. The van der Waals surface area contributed by atoms with Crippen LogP contribution in [0.2, 0.25) is 0 Å². The van der Waals surface area contributed by atoms with Crippen LogP contribution in [0.15, 0.2) is 30.6 Å². The van der Waals surface area contributed by atoms with Gasteiger partial charge in [-0.05, 0) is 38.7 Å². The highest BCUT2D eigenvalue weighted by Gasteiger charge is 2.28. The largest absolute Gasteiger partial charge is 0.337 e. The number of H-pyrrole nitrogens is 1. The maximum atomic E-state index is 13.0. The Hall–Kier alpha value is -2.70. The SMILES string of the molecule is CC(C)n1cnnc1CC1CCCN(C(=O)c2n[nH]c3ccccc23)C1. The van der Waals surface area contributed by atoms with E-state index < -0.39 is 0 Å². The van der Waals surface area contributed by atoms with Gasteiger partial charge in [-0.1, -0.05) is 18.2 Å². The molecule has 0 radical (unpaired) electrons. The zero-order chi connectivity index (χ0) is 18.1. The molecule has 1 aromatic carbocycles. The van der Waals surface area contributed by atoms with E-state index in [0.29, 0.717) is 17.7 Å². The van der Waals surface area contributed by atoms with Gasteiger partial charge in [0, 0.05) is 30.9 Å². The van der Waals surface area contributed by atoms with Crippen molar-refractivity contribution < 1.29 is 4.79 Å². The van der Waals surface area contributed by atoms with Crippen LogP contribution in [0.1, 0.15) is 49.0 Å². The fraction of sp³-hybridized carbons (Fsp3) is 0.474. The minimum absolute atomic E-state index is 0.0116. The first-order valence-electron chi connectivity index (χ1n) is 9.24. The summed E-state index contributed by atoms with van der Waals surface area (Å²) >= 11 is 0. The summed E-state index contributed by atoms with van der Waals surface area (Å²) in [6.07, 6.45) is 4.76. The lowest BCUT2D eigenvalue weighted by Gasteiger charge is -2.32. The summed E-state index contributed by atoms with van der Waals surface area (Å²) in [6.45, 7) is 5.79. The van der Waals surface area contributed by atoms with Gasteiger partial charge < -0.3 is 9.47 Å². The number of carbonyl (C=O) groups excluding carboxylic acids is 1. The quantitative estimate of drug-likeness (QED) is 0.783. The van der Waals surface area contributed by atoms with Crippen molar-refractivity contribution in [1.29, 1.82) is 0 Å². The molecule has 1 aliphatic heterocycles. The van der Waals surface area contributed by atoms with Gasteiger partial charge in [-0.15, -0.1) is 10.2 Å². The Balaban J connectivity index is 1.49. The summed E-state index contributed by atoms with van der Waals surface area (Å²) in [4.78, 5) is 14.9. The van der Waals surface area contributed by atoms with Gasteiger partial charge in [0.15, 0.2) is 5.69 Å². The van der Waals surface area contributed by atoms with Crippen LogP contribution < -0.4 is 0 Å². The van der Waals surface area contributed by atoms with E-state index in [0.717, 1.165) is 49.1 Å². The summed E-state index contributed by atoms with van der Waals surface area (Å²) in [5.74, 6) is 1.42. The van der Waals surface area contributed by atoms with Crippen LogP contribution in [0, 0.1) is 5.92 Å². The Morgan fingerprint density at radius 3 is 3.04 bits per heavy atom. The lowest BCUT2D eigenvalue weighted by molar-refractivity contribution is 0.0667. The van der Waals surface area contributed by atoms with Gasteiger partial charge in [-0.2, -0.15) is 5.10 Å². The average molecular weight is 352 g/mol. The lowest BCUT2D eigenvalue weighted by atomic mass is 9.94. The molecule has 1 fully saturated rings. The minimum Gasteiger partial charge on any atom is -0.337 e. The molecule has 7 nitrogen and oxygen atoms in total. The summed E-state index contributed by atoms with van der Waals surface area (Å²) in [5.41, 5.74) is 1.42. The maximum absolute atomic E-state index is 13.0. The smallest absolute Gasteiger partial charge is 0.275 e. The number of rotatable bonds is 4. The number of piperidine rings is 1. The molecule has 0 bridgehead atoms. The third-order valence-corrected chi connectivity index (χ3v) is 5.15. The first-order valence-corrected chi connectivity index (χ1v) is 9.24. The number of aromatic amines is 1. The molecular formula is C19H24N6O. The summed E-state index contributed by atoms with van der Waals surface area (Å²) in [5, 5.41) is 16.5. The molecule has 136 valence electrons. The maximum Gasteiger partial charge on any atom is 0.275 e. The highest BCUT2D eigenvalue weighted by atomic mass is 16.2. The number of carbonyl (C=O) groups is 1. The fourth-order valence-electron chi connectivity index (χ4n) is 3.79. The number of hydrogen-bond acceptors (Lipinski definition) is 4. The summed E-state index contributed by atoms with van der Waals surface area (Å²) in [7, 11) is 0. The Morgan fingerprint density at radius 1 is 1.35 bits per heavy atom. The van der Waals surface area contributed by atoms with Gasteiger partial charge in [0.05, 0.1) is 5.52 Å². The molecule has 0 saturated carbocycles. The van der Waals surface area contributed by atoms with E-state index >= 15 is 0 Å². The number of nitrogens with one attached hydrogen (secondary N) is 1. The molecule has 1 N–H and O–H groups in total. The molecule has 0 aliphatic carbocycles. The molecule has 1 unspecified atom stereocenters. The van der Waals surface area contributed by atoms with Crippen molar-refractivity contribution >= 4 is 16.8 Å². The van der Waals surface area contributed by atoms with Gasteiger partial charge in [0.1, 0.15) is 12.2 Å². The molecule has 1 atom stereocenters. The fourth-order valence-corrected chi connectivity index (χ4v) is 3.79. The monoisotopic (exact) mass is 352 g/mol. The van der Waals surface area contributed by atoms with Crippen LogP contribution >= 0.6 is 0 Å². The second-order valence-corrected chi connectivity index (χ2v) is 7.33. The van der Waals surface area contributed by atoms with Crippen molar-refractivity contribution in [3.8, 4) is 0 Å². The van der Waals surface area contributed by atoms with Crippen molar-refractivity contribution in [3.05, 3.63) is 42.1 Å². The molecule has 7 heteroatoms. The third kappa shape index (κ3) is 3.09. The predicted octanol–water partition coefficient (Wildman–Crippen LogP) is 2.83. The van der Waals surface area contributed by atoms with Crippen molar-refractivity contribution in [1.82, 2.24) is 29.9 Å². The molecule has 3 heterocycles. The molecule has 1 saturated heterocycles. The predicted molar refractivity (Wildman–Crippen MR) is 98.8 cm³/mol. The number of nitrogens with zero attached hydrogens (tertiary/aromatic N) is 5. The summed E-state index contributed by atoms with van der Waals surface area (Å²) in [6, 6.07) is 8.11. The van der Waals surface area contributed by atoms with Gasteiger partial charge in [-0.3, -0.25) is 9.89 Å². The van der Waals surface area contributed by atoms with Crippen molar-refractivity contribution in [2.24, 2.45) is 5.92 Å². The van der Waals surface area contributed by atoms with E-state index in [-0.39, 0.29) is 5.91 Å². The highest BCUT2D eigenvalue weighted by Crippen LogP contribution is 2.24. The Morgan fingerprint density at radius 2 is 2.19 bits per heavy atom. The van der Waals surface area contributed by atoms with E-state index in [1.807, 2.05) is 29.2 Å². The molecule has 2 aromatic heterocycles. The first kappa shape index (κ1) is 16.8. The number of aromatic nitrogens is 5. The van der Waals surface area contributed by atoms with Gasteiger partial charge >= 0.3 is 0 Å². The highest BCUT2D eigenvalue weighted by molar-refractivity contribution is 6.04. The Kier molecular flexibility index (Phi) is 4.44. The van der Waals surface area contributed by atoms with E-state index in [1.54, 1.807) is 6.33 Å². The molecule has 0 spiro atoms. The van der Waals surface area contributed by atoms with E-state index in [1.165, 1.54) is 0 Å². The van der Waals surface area contributed by atoms with Crippen molar-refractivity contribution in [2.75, 3.05) is 13.1 Å². The molecule has 4 rings (SSSR count). The van der Waals surface area contributed by atoms with Crippen LogP contribution in [0.5, 0.6) is 0 Å². The Bertz CT molecular complexity index is 912. The zero-order valence-electron chi connectivity index (χ0n) is 15.2. The summed E-state index contributed by atoms with van der Waals surface area (Å²) < 4.78 is 2.11. The van der Waals surface area contributed by atoms with Crippen LogP contribution in [0.25, 0.3) is 10.9 Å². The van der Waals surface area contributed by atoms with E-state index in [2.05, 4.69) is 38.8 Å². The number of likely N-dealkylation sites (tertiary alicyclic amines) is 1. The topological polar surface area (TPSA) is 79.7 Å². The van der Waals surface area contributed by atoms with Crippen LogP contribution in [0.3, 0.4) is 0 Å².